The molecule has 0 aromatic heterocycles. The first kappa shape index (κ1) is 23.1. The number of anilines is 1. The fourth-order valence-electron chi connectivity index (χ4n) is 3.83. The fraction of sp³-hybridized carbons (Fsp3) is 0.120. The highest BCUT2D eigenvalue weighted by Gasteiger charge is 2.54. The first-order valence-electron chi connectivity index (χ1n) is 10.5. The molecule has 9 heteroatoms. The molecule has 4 N–H and O–H groups in total. The van der Waals surface area contributed by atoms with Gasteiger partial charge < -0.3 is 16.4 Å². The molecule has 5 amide bonds. The zero-order chi connectivity index (χ0) is 24.1. The van der Waals surface area contributed by atoms with Crippen LogP contribution in [-0.2, 0) is 19.9 Å². The Morgan fingerprint density at radius 1 is 0.882 bits per heavy atom. The van der Waals surface area contributed by atoms with Crippen molar-refractivity contribution >= 4 is 41.2 Å². The Morgan fingerprint density at radius 3 is 2.03 bits per heavy atom. The Hall–Kier alpha value is -4.11. The number of primary amides is 1. The lowest BCUT2D eigenvalue weighted by atomic mass is 9.82. The van der Waals surface area contributed by atoms with Gasteiger partial charge in [0.15, 0.2) is 5.54 Å². The number of para-hydroxylation sites is 1. The van der Waals surface area contributed by atoms with Crippen molar-refractivity contribution in [3.05, 3.63) is 96.1 Å². The first-order chi connectivity index (χ1) is 16.4. The van der Waals surface area contributed by atoms with Crippen LogP contribution in [0, 0.1) is 0 Å². The number of hydrogen-bond acceptors (Lipinski definition) is 5. The second kappa shape index (κ2) is 9.80. The standard InChI is InChI=1S/C25H22N4O4S/c26-21(30)16-34-20-14-8-7-13-19(20)27-22(31)15-29-23(32)25(28-24(29)33,17-9-3-1-4-10-17)18-11-5-2-6-12-18/h1-14H,15-16H2,(H2,26,30)(H,27,31)(H,28,33). The van der Waals surface area contributed by atoms with Crippen molar-refractivity contribution in [2.45, 2.75) is 10.4 Å². The number of urea groups is 1. The molecule has 0 saturated carbocycles. The molecule has 3 aromatic carbocycles. The summed E-state index contributed by atoms with van der Waals surface area (Å²) in [7, 11) is 0. The predicted octanol–water partition coefficient (Wildman–Crippen LogP) is 2.70. The van der Waals surface area contributed by atoms with Gasteiger partial charge in [0.05, 0.1) is 11.4 Å². The molecule has 3 aromatic rings. The van der Waals surface area contributed by atoms with E-state index in [-0.39, 0.29) is 5.75 Å². The minimum Gasteiger partial charge on any atom is -0.369 e. The molecule has 1 heterocycles. The molecule has 0 aliphatic carbocycles. The molecule has 0 spiro atoms. The Kier molecular flexibility index (Phi) is 6.65. The van der Waals surface area contributed by atoms with Crippen molar-refractivity contribution in [3.63, 3.8) is 0 Å². The Balaban J connectivity index is 1.59. The van der Waals surface area contributed by atoms with Crippen LogP contribution in [0.25, 0.3) is 0 Å². The third-order valence-electron chi connectivity index (χ3n) is 5.35. The molecule has 1 fully saturated rings. The van der Waals surface area contributed by atoms with Crippen molar-refractivity contribution in [2.24, 2.45) is 5.73 Å². The van der Waals surface area contributed by atoms with Gasteiger partial charge in [0.25, 0.3) is 5.91 Å². The molecule has 1 aliphatic rings. The average molecular weight is 475 g/mol. The molecule has 34 heavy (non-hydrogen) atoms. The van der Waals surface area contributed by atoms with Crippen molar-refractivity contribution in [2.75, 3.05) is 17.6 Å². The van der Waals surface area contributed by atoms with Crippen molar-refractivity contribution in [1.82, 2.24) is 10.2 Å². The molecule has 0 unspecified atom stereocenters. The summed E-state index contributed by atoms with van der Waals surface area (Å²) in [6.45, 7) is -0.471. The molecule has 8 nitrogen and oxygen atoms in total. The number of hydrogen-bond donors (Lipinski definition) is 3. The van der Waals surface area contributed by atoms with E-state index in [0.29, 0.717) is 21.7 Å². The minimum absolute atomic E-state index is 0.0522. The number of nitrogens with two attached hydrogens (primary N) is 1. The smallest absolute Gasteiger partial charge is 0.326 e. The number of thioether (sulfide) groups is 1. The number of rotatable bonds is 8. The number of carbonyl (C=O) groups excluding carboxylic acids is 4. The van der Waals surface area contributed by atoms with E-state index in [4.69, 9.17) is 5.73 Å². The van der Waals surface area contributed by atoms with Gasteiger partial charge in [0.2, 0.25) is 11.8 Å². The summed E-state index contributed by atoms with van der Waals surface area (Å²) in [6.07, 6.45) is 0. The summed E-state index contributed by atoms with van der Waals surface area (Å²) in [6, 6.07) is 24.1. The van der Waals surface area contributed by atoms with E-state index < -0.39 is 35.8 Å². The zero-order valence-electron chi connectivity index (χ0n) is 18.1. The van der Waals surface area contributed by atoms with Crippen LogP contribution in [-0.4, -0.2) is 41.0 Å². The van der Waals surface area contributed by atoms with Crippen LogP contribution in [0.2, 0.25) is 0 Å². The zero-order valence-corrected chi connectivity index (χ0v) is 18.9. The highest BCUT2D eigenvalue weighted by Crippen LogP contribution is 2.36. The van der Waals surface area contributed by atoms with Crippen LogP contribution < -0.4 is 16.4 Å². The molecule has 0 atom stereocenters. The number of benzene rings is 3. The first-order valence-corrected chi connectivity index (χ1v) is 11.5. The van der Waals surface area contributed by atoms with Gasteiger partial charge in [-0.25, -0.2) is 4.79 Å². The Bertz CT molecular complexity index is 1190. The highest BCUT2D eigenvalue weighted by molar-refractivity contribution is 8.00. The van der Waals surface area contributed by atoms with Crippen LogP contribution >= 0.6 is 11.8 Å². The number of nitrogens with one attached hydrogen (secondary N) is 2. The lowest BCUT2D eigenvalue weighted by Gasteiger charge is -2.28. The lowest BCUT2D eigenvalue weighted by Crippen LogP contribution is -2.45. The van der Waals surface area contributed by atoms with E-state index in [0.717, 1.165) is 4.90 Å². The van der Waals surface area contributed by atoms with E-state index in [1.807, 2.05) is 12.1 Å². The predicted molar refractivity (Wildman–Crippen MR) is 129 cm³/mol. The van der Waals surface area contributed by atoms with Crippen LogP contribution in [0.5, 0.6) is 0 Å². The quantitative estimate of drug-likeness (QED) is 0.342. The van der Waals surface area contributed by atoms with Gasteiger partial charge in [0.1, 0.15) is 6.54 Å². The number of carbonyl (C=O) groups is 4. The molecular formula is C25H22N4O4S. The molecule has 0 radical (unpaired) electrons. The second-order valence-corrected chi connectivity index (χ2v) is 8.62. The van der Waals surface area contributed by atoms with Gasteiger partial charge in [-0.1, -0.05) is 72.8 Å². The van der Waals surface area contributed by atoms with E-state index in [1.54, 1.807) is 72.8 Å². The van der Waals surface area contributed by atoms with Crippen molar-refractivity contribution < 1.29 is 19.2 Å². The lowest BCUT2D eigenvalue weighted by molar-refractivity contribution is -0.133. The number of amides is 5. The van der Waals surface area contributed by atoms with Gasteiger partial charge in [-0.05, 0) is 23.3 Å². The largest absolute Gasteiger partial charge is 0.369 e. The SMILES string of the molecule is NC(=O)CSc1ccccc1NC(=O)CN1C(=O)NC(c2ccccc2)(c2ccccc2)C1=O. The summed E-state index contributed by atoms with van der Waals surface area (Å²) >= 11 is 1.19. The van der Waals surface area contributed by atoms with Crippen LogP contribution in [0.4, 0.5) is 10.5 Å². The molecule has 1 saturated heterocycles. The monoisotopic (exact) mass is 474 g/mol. The maximum absolute atomic E-state index is 13.7. The summed E-state index contributed by atoms with van der Waals surface area (Å²) in [5, 5.41) is 5.54. The Morgan fingerprint density at radius 2 is 1.44 bits per heavy atom. The van der Waals surface area contributed by atoms with Gasteiger partial charge >= 0.3 is 6.03 Å². The normalized spacial score (nSPS) is 14.5. The van der Waals surface area contributed by atoms with E-state index in [2.05, 4.69) is 10.6 Å². The van der Waals surface area contributed by atoms with E-state index in [9.17, 15) is 19.2 Å². The van der Waals surface area contributed by atoms with Crippen LogP contribution in [0.15, 0.2) is 89.8 Å². The average Bonchev–Trinajstić information content (AvgIpc) is 3.10. The molecule has 1 aliphatic heterocycles. The van der Waals surface area contributed by atoms with Gasteiger partial charge in [-0.15, -0.1) is 11.8 Å². The van der Waals surface area contributed by atoms with Gasteiger partial charge in [-0.2, -0.15) is 0 Å². The summed E-state index contributed by atoms with van der Waals surface area (Å²) in [5.74, 6) is -1.52. The topological polar surface area (TPSA) is 122 Å². The minimum atomic E-state index is -1.44. The maximum atomic E-state index is 13.7. The van der Waals surface area contributed by atoms with E-state index >= 15 is 0 Å². The second-order valence-electron chi connectivity index (χ2n) is 7.60. The van der Waals surface area contributed by atoms with Gasteiger partial charge in [-0.3, -0.25) is 19.3 Å². The third kappa shape index (κ3) is 4.51. The third-order valence-corrected chi connectivity index (χ3v) is 6.45. The van der Waals surface area contributed by atoms with E-state index in [1.165, 1.54) is 11.8 Å². The molecule has 172 valence electrons. The summed E-state index contributed by atoms with van der Waals surface area (Å²) in [4.78, 5) is 52.2. The maximum Gasteiger partial charge on any atom is 0.326 e. The number of imide groups is 1. The summed E-state index contributed by atoms with van der Waals surface area (Å²) < 4.78 is 0. The van der Waals surface area contributed by atoms with Gasteiger partial charge in [0, 0.05) is 4.90 Å². The summed E-state index contributed by atoms with van der Waals surface area (Å²) in [5.41, 5.74) is 5.43. The molecule has 4 rings (SSSR count). The van der Waals surface area contributed by atoms with Crippen molar-refractivity contribution in [3.8, 4) is 0 Å². The van der Waals surface area contributed by atoms with Crippen LogP contribution in [0.3, 0.4) is 0 Å². The highest BCUT2D eigenvalue weighted by atomic mass is 32.2. The Labute approximate surface area is 200 Å². The van der Waals surface area contributed by atoms with Crippen LogP contribution in [0.1, 0.15) is 11.1 Å². The van der Waals surface area contributed by atoms with Crippen molar-refractivity contribution in [1.29, 1.82) is 0 Å². The molecular weight excluding hydrogens is 452 g/mol. The number of nitrogens with zero attached hydrogens (tertiary/aromatic N) is 1. The fourth-order valence-corrected chi connectivity index (χ4v) is 4.58. The molecule has 0 bridgehead atoms.